The smallest absolute Gasteiger partial charge is 0.227 e. The molecule has 5 nitrogen and oxygen atoms in total. The lowest BCUT2D eigenvalue weighted by Crippen LogP contribution is -2.28. The predicted molar refractivity (Wildman–Crippen MR) is 98.6 cm³/mol. The first-order valence-electron chi connectivity index (χ1n) is 7.45. The van der Waals surface area contributed by atoms with Crippen LogP contribution in [0.25, 0.3) is 0 Å². The number of carbonyl (C=O) groups excluding carboxylic acids is 1. The monoisotopic (exact) mass is 434 g/mol. The van der Waals surface area contributed by atoms with Crippen LogP contribution in [-0.2, 0) is 4.79 Å². The minimum atomic E-state index is -0.710. The van der Waals surface area contributed by atoms with Gasteiger partial charge in [0.2, 0.25) is 5.91 Å². The van der Waals surface area contributed by atoms with Crippen molar-refractivity contribution in [1.82, 2.24) is 9.91 Å². The van der Waals surface area contributed by atoms with Gasteiger partial charge in [-0.2, -0.15) is 5.10 Å². The summed E-state index contributed by atoms with van der Waals surface area (Å²) >= 11 is 9.70. The average molecular weight is 436 g/mol. The Balaban J connectivity index is 2.21. The Morgan fingerprint density at radius 3 is 2.84 bits per heavy atom. The Morgan fingerprint density at radius 1 is 1.56 bits per heavy atom. The molecule has 1 N–H and O–H groups in total. The summed E-state index contributed by atoms with van der Waals surface area (Å²) in [5.74, 6) is -2.15. The molecule has 1 aliphatic heterocycles. The van der Waals surface area contributed by atoms with E-state index >= 15 is 0 Å². The van der Waals surface area contributed by atoms with Crippen LogP contribution >= 0.6 is 27.5 Å². The molecule has 0 aliphatic carbocycles. The Hall–Kier alpha value is -1.67. The van der Waals surface area contributed by atoms with E-state index in [1.807, 2.05) is 0 Å². The fraction of sp³-hybridized carbons (Fsp3) is 0.375. The first-order chi connectivity index (χ1) is 11.8. The van der Waals surface area contributed by atoms with Crippen LogP contribution in [0.1, 0.15) is 0 Å². The van der Waals surface area contributed by atoms with Crippen molar-refractivity contribution in [1.29, 1.82) is 0 Å². The van der Waals surface area contributed by atoms with Gasteiger partial charge in [-0.25, -0.2) is 8.78 Å². The third-order valence-electron chi connectivity index (χ3n) is 4.11. The van der Waals surface area contributed by atoms with Crippen molar-refractivity contribution in [2.45, 2.75) is 0 Å². The highest BCUT2D eigenvalue weighted by Gasteiger charge is 2.41. The molecule has 136 valence electrons. The van der Waals surface area contributed by atoms with E-state index in [-0.39, 0.29) is 24.1 Å². The molecule has 2 rings (SSSR count). The second-order valence-electron chi connectivity index (χ2n) is 5.74. The lowest BCUT2D eigenvalue weighted by molar-refractivity contribution is -0.129. The van der Waals surface area contributed by atoms with Crippen LogP contribution in [0.15, 0.2) is 32.9 Å². The van der Waals surface area contributed by atoms with Gasteiger partial charge in [0, 0.05) is 50.4 Å². The molecule has 0 radical (unpaired) electrons. The number of nitrogens with zero attached hydrogens (tertiary/aromatic N) is 3. The molecule has 2 atom stereocenters. The Kier molecular flexibility index (Phi) is 6.40. The van der Waals surface area contributed by atoms with Crippen LogP contribution in [0.3, 0.4) is 0 Å². The maximum atomic E-state index is 13.8. The Labute approximate surface area is 158 Å². The van der Waals surface area contributed by atoms with Gasteiger partial charge in [0.05, 0.1) is 11.6 Å². The van der Waals surface area contributed by atoms with Gasteiger partial charge in [-0.05, 0) is 12.1 Å². The lowest BCUT2D eigenvalue weighted by Gasteiger charge is -2.21. The number of rotatable bonds is 6. The van der Waals surface area contributed by atoms with E-state index in [2.05, 4.69) is 33.1 Å². The van der Waals surface area contributed by atoms with Gasteiger partial charge in [0.1, 0.15) is 16.8 Å². The van der Waals surface area contributed by atoms with Crippen molar-refractivity contribution in [2.75, 3.05) is 32.5 Å². The minimum Gasteiger partial charge on any atom is -0.382 e. The van der Waals surface area contributed by atoms with Gasteiger partial charge in [0.25, 0.3) is 0 Å². The van der Waals surface area contributed by atoms with Crippen molar-refractivity contribution in [3.05, 3.63) is 39.5 Å². The molecule has 1 saturated heterocycles. The molecule has 1 aromatic carbocycles. The van der Waals surface area contributed by atoms with Crippen molar-refractivity contribution in [3.8, 4) is 0 Å². The lowest BCUT2D eigenvalue weighted by atomic mass is 9.95. The first kappa shape index (κ1) is 19.7. The van der Waals surface area contributed by atoms with E-state index in [9.17, 15) is 13.6 Å². The van der Waals surface area contributed by atoms with E-state index in [4.69, 9.17) is 11.6 Å². The average Bonchev–Trinajstić information content (AvgIpc) is 2.87. The standard InChI is InChI=1S/C16H18BrClF2N4O/c1-21-24(3)15(18)14(17)11-8-23(2)16(25)10(11)7-22-13-5-4-9(19)6-12(13)20/h4-6,10-11,22H,1,7-8H2,2-3H3/b15-14-/t10-,11+/m1/s1. The van der Waals surface area contributed by atoms with Crippen LogP contribution in [0.2, 0.25) is 0 Å². The maximum absolute atomic E-state index is 13.8. The highest BCUT2D eigenvalue weighted by atomic mass is 79.9. The number of halogens is 4. The van der Waals surface area contributed by atoms with Crippen LogP contribution in [0.4, 0.5) is 14.5 Å². The first-order valence-corrected chi connectivity index (χ1v) is 8.62. The summed E-state index contributed by atoms with van der Waals surface area (Å²) in [6.07, 6.45) is 0. The number of benzene rings is 1. The summed E-state index contributed by atoms with van der Waals surface area (Å²) in [5.41, 5.74) is 0.138. The Morgan fingerprint density at radius 2 is 2.24 bits per heavy atom. The van der Waals surface area contributed by atoms with Gasteiger partial charge in [-0.3, -0.25) is 9.80 Å². The molecular weight excluding hydrogens is 418 g/mol. The maximum Gasteiger partial charge on any atom is 0.227 e. The molecule has 0 aromatic heterocycles. The van der Waals surface area contributed by atoms with E-state index in [0.717, 1.165) is 12.1 Å². The number of nitrogens with one attached hydrogen (secondary N) is 1. The number of carbonyl (C=O) groups is 1. The summed E-state index contributed by atoms with van der Waals surface area (Å²) in [7, 11) is 3.33. The second kappa shape index (κ2) is 8.14. The molecule has 0 saturated carbocycles. The van der Waals surface area contributed by atoms with Crippen molar-refractivity contribution in [2.24, 2.45) is 16.9 Å². The normalized spacial score (nSPS) is 21.2. The summed E-state index contributed by atoms with van der Waals surface area (Å²) in [6, 6.07) is 3.25. The van der Waals surface area contributed by atoms with Gasteiger partial charge in [-0.1, -0.05) is 27.5 Å². The molecule has 1 aliphatic rings. The number of anilines is 1. The van der Waals surface area contributed by atoms with Gasteiger partial charge >= 0.3 is 0 Å². The minimum absolute atomic E-state index is 0.0874. The number of hydrazone groups is 1. The van der Waals surface area contributed by atoms with Crippen LogP contribution in [0, 0.1) is 23.5 Å². The van der Waals surface area contributed by atoms with E-state index < -0.39 is 17.6 Å². The zero-order valence-corrected chi connectivity index (χ0v) is 16.1. The van der Waals surface area contributed by atoms with Crippen molar-refractivity contribution in [3.63, 3.8) is 0 Å². The number of hydrogen-bond donors (Lipinski definition) is 1. The van der Waals surface area contributed by atoms with Gasteiger partial charge in [-0.15, -0.1) is 0 Å². The topological polar surface area (TPSA) is 47.9 Å². The zero-order chi connectivity index (χ0) is 18.7. The van der Waals surface area contributed by atoms with Gasteiger partial charge < -0.3 is 10.2 Å². The summed E-state index contributed by atoms with van der Waals surface area (Å²) in [6.45, 7) is 4.05. The zero-order valence-electron chi connectivity index (χ0n) is 13.8. The number of amides is 1. The molecule has 0 unspecified atom stereocenters. The molecule has 25 heavy (non-hydrogen) atoms. The molecule has 9 heteroatoms. The predicted octanol–water partition coefficient (Wildman–Crippen LogP) is 3.43. The Bertz CT molecular complexity index is 715. The highest BCUT2D eigenvalue weighted by molar-refractivity contribution is 9.11. The third-order valence-corrected chi connectivity index (χ3v) is 5.75. The highest BCUT2D eigenvalue weighted by Crippen LogP contribution is 2.37. The summed E-state index contributed by atoms with van der Waals surface area (Å²) < 4.78 is 27.4. The second-order valence-corrected chi connectivity index (χ2v) is 6.95. The van der Waals surface area contributed by atoms with Crippen molar-refractivity contribution < 1.29 is 13.6 Å². The van der Waals surface area contributed by atoms with Crippen molar-refractivity contribution >= 4 is 45.8 Å². The fourth-order valence-corrected chi connectivity index (χ4v) is 3.59. The summed E-state index contributed by atoms with van der Waals surface area (Å²) in [5, 5.41) is 8.30. The van der Waals surface area contributed by atoms with Crippen LogP contribution < -0.4 is 5.32 Å². The third kappa shape index (κ3) is 4.30. The quantitative estimate of drug-likeness (QED) is 0.423. The largest absolute Gasteiger partial charge is 0.382 e. The van der Waals surface area contributed by atoms with Gasteiger partial charge in [0.15, 0.2) is 0 Å². The summed E-state index contributed by atoms with van der Waals surface area (Å²) in [4.78, 5) is 14.0. The number of hydrogen-bond acceptors (Lipinski definition) is 4. The molecule has 0 bridgehead atoms. The molecule has 1 heterocycles. The molecule has 1 aromatic rings. The van der Waals surface area contributed by atoms with E-state index in [1.165, 1.54) is 11.1 Å². The molecule has 1 amide bonds. The SMILES string of the molecule is C=NN(C)/C(Cl)=C(\Br)[C@H]1CN(C)C(=O)[C@@H]1CNc1ccc(F)cc1F. The fourth-order valence-electron chi connectivity index (χ4n) is 2.68. The molecule has 0 spiro atoms. The number of likely N-dealkylation sites (tertiary alicyclic amines) is 1. The van der Waals surface area contributed by atoms with E-state index in [1.54, 1.807) is 19.0 Å². The van der Waals surface area contributed by atoms with E-state index in [0.29, 0.717) is 16.2 Å². The van der Waals surface area contributed by atoms with Crippen LogP contribution in [0.5, 0.6) is 0 Å². The van der Waals surface area contributed by atoms with Crippen LogP contribution in [-0.4, -0.2) is 49.7 Å². The molecular formula is C16H18BrClF2N4O. The molecule has 1 fully saturated rings.